The van der Waals surface area contributed by atoms with Crippen molar-refractivity contribution in [3.05, 3.63) is 35.4 Å². The van der Waals surface area contributed by atoms with E-state index < -0.39 is 0 Å². The van der Waals surface area contributed by atoms with Crippen LogP contribution >= 0.6 is 0 Å². The van der Waals surface area contributed by atoms with E-state index in [9.17, 15) is 0 Å². The minimum Gasteiger partial charge on any atom is -0.312 e. The van der Waals surface area contributed by atoms with E-state index in [1.54, 1.807) is 0 Å². The zero-order valence-electron chi connectivity index (χ0n) is 10.9. The molecule has 0 atom stereocenters. The number of hydrogen-bond donors (Lipinski definition) is 1. The molecule has 0 bridgehead atoms. The number of hydrogen-bond acceptors (Lipinski definition) is 1. The molecule has 0 saturated heterocycles. The van der Waals surface area contributed by atoms with E-state index in [-0.39, 0.29) is 0 Å². The van der Waals surface area contributed by atoms with E-state index in [4.69, 9.17) is 0 Å². The van der Waals surface area contributed by atoms with Gasteiger partial charge < -0.3 is 5.32 Å². The first-order valence-electron chi connectivity index (χ1n) is 6.58. The van der Waals surface area contributed by atoms with Gasteiger partial charge in [0, 0.05) is 6.54 Å². The van der Waals surface area contributed by atoms with Gasteiger partial charge in [-0.25, -0.2) is 0 Å². The Morgan fingerprint density at radius 2 is 1.50 bits per heavy atom. The fraction of sp³-hybridized carbons (Fsp3) is 0.600. The van der Waals surface area contributed by atoms with Crippen molar-refractivity contribution in [2.75, 3.05) is 6.54 Å². The molecule has 0 heterocycles. The summed E-state index contributed by atoms with van der Waals surface area (Å²) in [5.41, 5.74) is 2.81. The average Bonchev–Trinajstić information content (AvgIpc) is 2.35. The molecule has 0 unspecified atom stereocenters. The van der Waals surface area contributed by atoms with Crippen LogP contribution in [-0.4, -0.2) is 6.54 Å². The summed E-state index contributed by atoms with van der Waals surface area (Å²) >= 11 is 0. The lowest BCUT2D eigenvalue weighted by Gasteiger charge is -2.13. The fourth-order valence-corrected chi connectivity index (χ4v) is 1.89. The maximum absolute atomic E-state index is 3.54. The van der Waals surface area contributed by atoms with E-state index in [2.05, 4.69) is 50.4 Å². The molecule has 0 aliphatic carbocycles. The number of rotatable bonds is 7. The molecular formula is C15H25N. The van der Waals surface area contributed by atoms with Crippen LogP contribution in [0.25, 0.3) is 0 Å². The molecule has 90 valence electrons. The van der Waals surface area contributed by atoms with Crippen LogP contribution < -0.4 is 5.32 Å². The summed E-state index contributed by atoms with van der Waals surface area (Å²) in [7, 11) is 0. The molecule has 1 nitrogen and oxygen atoms in total. The topological polar surface area (TPSA) is 12.0 Å². The summed E-state index contributed by atoms with van der Waals surface area (Å²) in [4.78, 5) is 0. The third-order valence-electron chi connectivity index (χ3n) is 3.35. The monoisotopic (exact) mass is 219 g/mol. The van der Waals surface area contributed by atoms with Crippen molar-refractivity contribution in [2.45, 2.75) is 46.6 Å². The van der Waals surface area contributed by atoms with Crippen molar-refractivity contribution in [2.24, 2.45) is 5.92 Å². The minimum absolute atomic E-state index is 0.829. The highest BCUT2D eigenvalue weighted by Crippen LogP contribution is 2.07. The molecule has 1 aromatic carbocycles. The van der Waals surface area contributed by atoms with Gasteiger partial charge in [0.15, 0.2) is 0 Å². The van der Waals surface area contributed by atoms with E-state index in [1.165, 1.54) is 24.0 Å². The number of aryl methyl sites for hydroxylation is 1. The van der Waals surface area contributed by atoms with Crippen LogP contribution in [0.1, 0.15) is 44.7 Å². The van der Waals surface area contributed by atoms with Gasteiger partial charge in [-0.05, 0) is 30.0 Å². The maximum atomic E-state index is 3.54. The molecule has 1 aromatic rings. The molecule has 16 heavy (non-hydrogen) atoms. The lowest BCUT2D eigenvalue weighted by molar-refractivity contribution is 0.449. The fourth-order valence-electron chi connectivity index (χ4n) is 1.89. The van der Waals surface area contributed by atoms with Crippen LogP contribution in [0.3, 0.4) is 0 Å². The van der Waals surface area contributed by atoms with Crippen LogP contribution in [0.2, 0.25) is 0 Å². The predicted octanol–water partition coefficient (Wildman–Crippen LogP) is 3.77. The molecule has 1 rings (SSSR count). The van der Waals surface area contributed by atoms with Gasteiger partial charge in [-0.15, -0.1) is 0 Å². The van der Waals surface area contributed by atoms with Crippen molar-refractivity contribution in [3.8, 4) is 0 Å². The Morgan fingerprint density at radius 1 is 0.938 bits per heavy atom. The summed E-state index contributed by atoms with van der Waals surface area (Å²) in [6.45, 7) is 8.88. The van der Waals surface area contributed by atoms with E-state index in [1.807, 2.05) is 0 Å². The lowest BCUT2D eigenvalue weighted by atomic mass is 10.0. The molecule has 0 fully saturated rings. The first kappa shape index (κ1) is 13.2. The van der Waals surface area contributed by atoms with Gasteiger partial charge in [-0.3, -0.25) is 0 Å². The third kappa shape index (κ3) is 4.36. The van der Waals surface area contributed by atoms with Gasteiger partial charge in [0.25, 0.3) is 0 Å². The SMILES string of the molecule is CCc1ccc(CNCC(CC)CC)cc1. The first-order chi connectivity index (χ1) is 7.80. The van der Waals surface area contributed by atoms with Crippen molar-refractivity contribution >= 4 is 0 Å². The lowest BCUT2D eigenvalue weighted by Crippen LogP contribution is -2.21. The van der Waals surface area contributed by atoms with Crippen LogP contribution in [0.4, 0.5) is 0 Å². The zero-order valence-corrected chi connectivity index (χ0v) is 10.9. The van der Waals surface area contributed by atoms with E-state index in [0.29, 0.717) is 0 Å². The molecule has 1 N–H and O–H groups in total. The molecule has 0 spiro atoms. The molecular weight excluding hydrogens is 194 g/mol. The molecule has 0 aliphatic rings. The predicted molar refractivity (Wildman–Crippen MR) is 71.6 cm³/mol. The van der Waals surface area contributed by atoms with Crippen molar-refractivity contribution in [3.63, 3.8) is 0 Å². The van der Waals surface area contributed by atoms with Crippen LogP contribution in [0, 0.1) is 5.92 Å². The molecule has 0 amide bonds. The summed E-state index contributed by atoms with van der Waals surface area (Å²) < 4.78 is 0. The quantitative estimate of drug-likeness (QED) is 0.736. The van der Waals surface area contributed by atoms with Crippen molar-refractivity contribution in [1.29, 1.82) is 0 Å². The van der Waals surface area contributed by atoms with E-state index in [0.717, 1.165) is 25.4 Å². The molecule has 0 aliphatic heterocycles. The van der Waals surface area contributed by atoms with Gasteiger partial charge in [0.2, 0.25) is 0 Å². The van der Waals surface area contributed by atoms with Gasteiger partial charge in [-0.1, -0.05) is 57.9 Å². The summed E-state index contributed by atoms with van der Waals surface area (Å²) in [6, 6.07) is 8.93. The highest BCUT2D eigenvalue weighted by atomic mass is 14.9. The molecule has 0 saturated carbocycles. The van der Waals surface area contributed by atoms with Crippen LogP contribution in [0.15, 0.2) is 24.3 Å². The van der Waals surface area contributed by atoms with Gasteiger partial charge in [0.1, 0.15) is 0 Å². The Labute approximate surface area is 100 Å². The maximum Gasteiger partial charge on any atom is 0.0205 e. The first-order valence-corrected chi connectivity index (χ1v) is 6.58. The normalized spacial score (nSPS) is 11.0. The summed E-state index contributed by atoms with van der Waals surface area (Å²) in [5, 5.41) is 3.54. The minimum atomic E-state index is 0.829. The second-order valence-electron chi connectivity index (χ2n) is 4.48. The highest BCUT2D eigenvalue weighted by Gasteiger charge is 2.02. The Balaban J connectivity index is 2.31. The number of benzene rings is 1. The Hall–Kier alpha value is -0.820. The second-order valence-corrected chi connectivity index (χ2v) is 4.48. The Morgan fingerprint density at radius 3 is 2.00 bits per heavy atom. The number of nitrogens with one attached hydrogen (secondary N) is 1. The van der Waals surface area contributed by atoms with Crippen LogP contribution in [-0.2, 0) is 13.0 Å². The molecule has 0 radical (unpaired) electrons. The Bertz CT molecular complexity index is 272. The summed E-state index contributed by atoms with van der Waals surface area (Å²) in [5.74, 6) is 0.829. The standard InChI is InChI=1S/C15H25N/c1-4-13(5-2)11-16-12-15-9-7-14(6-3)8-10-15/h7-10,13,16H,4-6,11-12H2,1-3H3. The highest BCUT2D eigenvalue weighted by molar-refractivity contribution is 5.22. The molecule has 0 aromatic heterocycles. The largest absolute Gasteiger partial charge is 0.312 e. The second kappa shape index (κ2) is 7.45. The smallest absolute Gasteiger partial charge is 0.0205 e. The van der Waals surface area contributed by atoms with Crippen LogP contribution in [0.5, 0.6) is 0 Å². The Kier molecular flexibility index (Phi) is 6.17. The van der Waals surface area contributed by atoms with Gasteiger partial charge in [-0.2, -0.15) is 0 Å². The van der Waals surface area contributed by atoms with Crippen molar-refractivity contribution in [1.82, 2.24) is 5.32 Å². The van der Waals surface area contributed by atoms with Gasteiger partial charge in [0.05, 0.1) is 0 Å². The third-order valence-corrected chi connectivity index (χ3v) is 3.35. The van der Waals surface area contributed by atoms with E-state index >= 15 is 0 Å². The van der Waals surface area contributed by atoms with Crippen molar-refractivity contribution < 1.29 is 0 Å². The average molecular weight is 219 g/mol. The zero-order chi connectivity index (χ0) is 11.8. The summed E-state index contributed by atoms with van der Waals surface area (Å²) in [6.07, 6.45) is 3.68. The van der Waals surface area contributed by atoms with Gasteiger partial charge >= 0.3 is 0 Å². The molecule has 1 heteroatoms.